The number of benzene rings is 2. The van der Waals surface area contributed by atoms with Crippen LogP contribution in [0.4, 0.5) is 16.4 Å². The number of likely N-dealkylation sites (tertiary alicyclic amines) is 1. The minimum Gasteiger partial charge on any atom is -0.465 e. The summed E-state index contributed by atoms with van der Waals surface area (Å²) in [5, 5.41) is 14.3. The van der Waals surface area contributed by atoms with Crippen molar-refractivity contribution >= 4 is 38.5 Å². The summed E-state index contributed by atoms with van der Waals surface area (Å²) < 4.78 is 34.2. The number of rotatable bonds is 8. The van der Waals surface area contributed by atoms with Gasteiger partial charge in [-0.1, -0.05) is 37.1 Å². The number of fused-ring (bicyclic) bond motifs is 1. The highest BCUT2D eigenvalue weighted by Gasteiger charge is 2.31. The molecule has 1 saturated heterocycles. The highest BCUT2D eigenvalue weighted by molar-refractivity contribution is 7.92. The lowest BCUT2D eigenvalue weighted by Gasteiger charge is -2.31. The number of aryl methyl sites for hydroxylation is 1. The molecule has 3 heterocycles. The molecule has 2 aromatic carbocycles. The molecule has 2 aromatic heterocycles. The van der Waals surface area contributed by atoms with E-state index in [0.717, 1.165) is 54.9 Å². The summed E-state index contributed by atoms with van der Waals surface area (Å²) in [7, 11) is -3.51. The van der Waals surface area contributed by atoms with Gasteiger partial charge in [-0.05, 0) is 62.4 Å². The normalized spacial score (nSPS) is 17.5. The van der Waals surface area contributed by atoms with Crippen LogP contribution in [0.5, 0.6) is 11.6 Å². The van der Waals surface area contributed by atoms with Gasteiger partial charge in [0.15, 0.2) is 0 Å². The lowest BCUT2D eigenvalue weighted by atomic mass is 10.0. The Balaban J connectivity index is 1.34. The van der Waals surface area contributed by atoms with Gasteiger partial charge in [0.25, 0.3) is 0 Å². The number of hydrogen-bond acceptors (Lipinski definition) is 8. The lowest BCUT2D eigenvalue weighted by molar-refractivity contribution is 0.132. The molecule has 1 saturated carbocycles. The van der Waals surface area contributed by atoms with E-state index in [0.29, 0.717) is 47.6 Å². The van der Waals surface area contributed by atoms with Gasteiger partial charge >= 0.3 is 6.09 Å². The standard InChI is InChI=1S/C32H36N6O5S/c1-21-14-15-24-25(11-5-13-28(24)38(44(2,41)42)23-9-3-4-10-23)29(21)43-30-26(12-6-17-33-30)27-16-18-34-31(36-27)35-22-8-7-19-37(20-22)32(39)40/h5-6,11-18,22-23H,3-4,7-10,19-20H2,1-2H3,(H,39,40)(H,34,35,36). The van der Waals surface area contributed by atoms with Gasteiger partial charge in [-0.3, -0.25) is 4.31 Å². The molecule has 4 aromatic rings. The van der Waals surface area contributed by atoms with Crippen LogP contribution in [0.1, 0.15) is 44.1 Å². The molecule has 6 rings (SSSR count). The van der Waals surface area contributed by atoms with E-state index in [4.69, 9.17) is 9.72 Å². The number of ether oxygens (including phenoxy) is 1. The summed E-state index contributed by atoms with van der Waals surface area (Å²) in [5.41, 5.74) is 2.78. The van der Waals surface area contributed by atoms with Gasteiger partial charge in [-0.25, -0.2) is 28.2 Å². The first kappa shape index (κ1) is 29.6. The summed E-state index contributed by atoms with van der Waals surface area (Å²) in [4.78, 5) is 26.5. The number of anilines is 2. The van der Waals surface area contributed by atoms with Crippen molar-refractivity contribution in [3.05, 3.63) is 66.5 Å². The summed E-state index contributed by atoms with van der Waals surface area (Å²) in [5.74, 6) is 1.34. The molecule has 11 nitrogen and oxygen atoms in total. The first-order valence-electron chi connectivity index (χ1n) is 14.9. The molecule has 1 aliphatic carbocycles. The molecule has 1 atom stereocenters. The van der Waals surface area contributed by atoms with Crippen molar-refractivity contribution in [3.8, 4) is 22.9 Å². The van der Waals surface area contributed by atoms with Crippen molar-refractivity contribution in [1.29, 1.82) is 0 Å². The minimum atomic E-state index is -3.51. The number of carboxylic acid groups (broad SMARTS) is 1. The monoisotopic (exact) mass is 616 g/mol. The molecule has 2 aliphatic rings. The smallest absolute Gasteiger partial charge is 0.407 e. The SMILES string of the molecule is Cc1ccc2c(N(C3CCCC3)S(C)(=O)=O)cccc2c1Oc1ncccc1-c1ccnc(NC2CCCN(C(=O)O)C2)n1. The quantitative estimate of drug-likeness (QED) is 0.242. The fraction of sp³-hybridized carbons (Fsp3) is 0.375. The van der Waals surface area contributed by atoms with E-state index in [9.17, 15) is 18.3 Å². The van der Waals surface area contributed by atoms with Crippen LogP contribution in [-0.2, 0) is 10.0 Å². The average molecular weight is 617 g/mol. The maximum atomic E-state index is 13.0. The second-order valence-corrected chi connectivity index (χ2v) is 13.4. The topological polar surface area (TPSA) is 138 Å². The van der Waals surface area contributed by atoms with Gasteiger partial charge in [-0.15, -0.1) is 0 Å². The Bertz CT molecular complexity index is 1790. The summed E-state index contributed by atoms with van der Waals surface area (Å²) in [6, 6.07) is 14.9. The Morgan fingerprint density at radius 1 is 1.00 bits per heavy atom. The third-order valence-corrected chi connectivity index (χ3v) is 9.57. The van der Waals surface area contributed by atoms with E-state index in [-0.39, 0.29) is 12.1 Å². The zero-order valence-corrected chi connectivity index (χ0v) is 25.6. The van der Waals surface area contributed by atoms with Gasteiger partial charge in [0.05, 0.1) is 23.2 Å². The zero-order valence-electron chi connectivity index (χ0n) is 24.8. The van der Waals surface area contributed by atoms with Crippen molar-refractivity contribution in [2.24, 2.45) is 0 Å². The molecule has 1 amide bonds. The van der Waals surface area contributed by atoms with Crippen LogP contribution in [0.25, 0.3) is 22.0 Å². The Labute approximate surface area is 257 Å². The van der Waals surface area contributed by atoms with Crippen molar-refractivity contribution in [3.63, 3.8) is 0 Å². The molecular weight excluding hydrogens is 580 g/mol. The molecule has 230 valence electrons. The number of nitrogens with zero attached hydrogens (tertiary/aromatic N) is 5. The Kier molecular flexibility index (Phi) is 8.26. The minimum absolute atomic E-state index is 0.0648. The number of hydrogen-bond donors (Lipinski definition) is 2. The maximum Gasteiger partial charge on any atom is 0.407 e. The van der Waals surface area contributed by atoms with Crippen molar-refractivity contribution in [2.75, 3.05) is 29.0 Å². The van der Waals surface area contributed by atoms with Crippen LogP contribution in [0.15, 0.2) is 60.9 Å². The average Bonchev–Trinajstić information content (AvgIpc) is 3.53. The van der Waals surface area contributed by atoms with Crippen LogP contribution in [0, 0.1) is 6.92 Å². The van der Waals surface area contributed by atoms with Crippen molar-refractivity contribution in [2.45, 2.75) is 57.5 Å². The fourth-order valence-corrected chi connectivity index (χ4v) is 7.60. The van der Waals surface area contributed by atoms with Gasteiger partial charge in [0.1, 0.15) is 5.75 Å². The number of piperidine rings is 1. The Hall–Kier alpha value is -4.45. The molecule has 1 aliphatic heterocycles. The van der Waals surface area contributed by atoms with Crippen LogP contribution in [0.3, 0.4) is 0 Å². The van der Waals surface area contributed by atoms with Gasteiger partial charge in [0.2, 0.25) is 21.9 Å². The van der Waals surface area contributed by atoms with E-state index >= 15 is 0 Å². The van der Waals surface area contributed by atoms with Crippen LogP contribution in [0.2, 0.25) is 0 Å². The number of aromatic nitrogens is 3. The molecule has 0 radical (unpaired) electrons. The Morgan fingerprint density at radius 2 is 1.82 bits per heavy atom. The summed E-state index contributed by atoms with van der Waals surface area (Å²) in [6.45, 7) is 2.84. The maximum absolute atomic E-state index is 13.0. The zero-order chi connectivity index (χ0) is 30.8. The molecule has 2 fully saturated rings. The fourth-order valence-electron chi connectivity index (χ4n) is 6.33. The highest BCUT2D eigenvalue weighted by atomic mass is 32.2. The molecule has 12 heteroatoms. The molecule has 0 spiro atoms. The van der Waals surface area contributed by atoms with Crippen molar-refractivity contribution < 1.29 is 23.1 Å². The highest BCUT2D eigenvalue weighted by Crippen LogP contribution is 2.41. The van der Waals surface area contributed by atoms with Crippen molar-refractivity contribution in [1.82, 2.24) is 19.9 Å². The molecule has 44 heavy (non-hydrogen) atoms. The van der Waals surface area contributed by atoms with Crippen LogP contribution in [-0.4, -0.2) is 70.9 Å². The van der Waals surface area contributed by atoms with Gasteiger partial charge in [-0.2, -0.15) is 0 Å². The summed E-state index contributed by atoms with van der Waals surface area (Å²) in [6.07, 6.45) is 8.93. The number of carbonyl (C=O) groups is 1. The predicted octanol–water partition coefficient (Wildman–Crippen LogP) is 6.06. The first-order valence-corrected chi connectivity index (χ1v) is 16.8. The molecule has 1 unspecified atom stereocenters. The number of amides is 1. The third kappa shape index (κ3) is 6.12. The first-order chi connectivity index (χ1) is 21.2. The predicted molar refractivity (Wildman–Crippen MR) is 170 cm³/mol. The second-order valence-electron chi connectivity index (χ2n) is 11.5. The molecule has 0 bridgehead atoms. The van der Waals surface area contributed by atoms with Gasteiger partial charge < -0.3 is 20.1 Å². The third-order valence-electron chi connectivity index (χ3n) is 8.36. The van der Waals surface area contributed by atoms with E-state index in [1.54, 1.807) is 22.8 Å². The van der Waals surface area contributed by atoms with Gasteiger partial charge in [0, 0.05) is 48.3 Å². The summed E-state index contributed by atoms with van der Waals surface area (Å²) >= 11 is 0. The number of pyridine rings is 1. The van der Waals surface area contributed by atoms with E-state index < -0.39 is 16.1 Å². The largest absolute Gasteiger partial charge is 0.465 e. The number of nitrogens with one attached hydrogen (secondary N) is 1. The Morgan fingerprint density at radius 3 is 2.59 bits per heavy atom. The van der Waals surface area contributed by atoms with E-state index in [1.165, 1.54) is 11.2 Å². The molecular formula is C32H36N6O5S. The number of sulfonamides is 1. The lowest BCUT2D eigenvalue weighted by Crippen LogP contribution is -2.44. The molecule has 2 N–H and O–H groups in total. The van der Waals surface area contributed by atoms with Crippen LogP contribution >= 0.6 is 0 Å². The van der Waals surface area contributed by atoms with E-state index in [1.807, 2.05) is 49.4 Å². The second kappa shape index (κ2) is 12.3. The van der Waals surface area contributed by atoms with Crippen LogP contribution < -0.4 is 14.4 Å². The van der Waals surface area contributed by atoms with E-state index in [2.05, 4.69) is 15.3 Å².